The Kier molecular flexibility index (Phi) is 11.6. The number of likely N-dealkylation sites (tertiary alicyclic amines) is 1. The van der Waals surface area contributed by atoms with Gasteiger partial charge in [-0.3, -0.25) is 24.1 Å². The fourth-order valence-corrected chi connectivity index (χ4v) is 7.27. The van der Waals surface area contributed by atoms with Gasteiger partial charge < -0.3 is 36.6 Å². The van der Waals surface area contributed by atoms with Gasteiger partial charge in [0.15, 0.2) is 11.5 Å². The zero-order valence-corrected chi connectivity index (χ0v) is 30.8. The number of rotatable bonds is 10. The van der Waals surface area contributed by atoms with Gasteiger partial charge in [0.1, 0.15) is 12.1 Å². The highest BCUT2D eigenvalue weighted by Gasteiger charge is 2.45. The molecule has 3 aromatic rings. The number of β-amino-alcohol motifs (C(OH)–C–C–N with tert-alkyl or cyclic N) is 1. The van der Waals surface area contributed by atoms with Crippen LogP contribution in [0.1, 0.15) is 61.9 Å². The lowest BCUT2D eigenvalue weighted by atomic mass is 9.85. The third-order valence-corrected chi connectivity index (χ3v) is 10.4. The standard InChI is InChI=1S/C35H48N10O5S/c1-20(22-7-9-23(10-8-22)29-21(2)38-19-51-29)39-33(49)27-15-24(46)17-45(27)34(50)30(35(3,4)5)40-28(47)18-43-11-13-44(14-12-43)26-16-25(32(48)37-6)41-42-31(26)36/h7-10,16,19-20,24,27,30,46H,11-15,17-18H2,1-6H3,(H2,36,42)(H,37,48)(H,39,49)(H,40,47)/t20-,24+,27-,30+/m0/s1. The maximum atomic E-state index is 14.1. The second-order valence-electron chi connectivity index (χ2n) is 14.2. The number of aromatic nitrogens is 3. The molecule has 2 aliphatic rings. The molecule has 2 aliphatic heterocycles. The quantitative estimate of drug-likeness (QED) is 0.203. The van der Waals surface area contributed by atoms with Gasteiger partial charge in [-0.05, 0) is 36.5 Å². The van der Waals surface area contributed by atoms with E-state index >= 15 is 0 Å². The van der Waals surface area contributed by atoms with Crippen LogP contribution in [0.15, 0.2) is 35.8 Å². The number of aliphatic hydroxyl groups excluding tert-OH is 1. The fourth-order valence-electron chi connectivity index (χ4n) is 6.46. The fraction of sp³-hybridized carbons (Fsp3) is 0.514. The van der Waals surface area contributed by atoms with E-state index < -0.39 is 29.5 Å². The Hall–Kier alpha value is -4.67. The highest BCUT2D eigenvalue weighted by Crippen LogP contribution is 2.30. The van der Waals surface area contributed by atoms with Crippen molar-refractivity contribution >= 4 is 46.5 Å². The predicted octanol–water partition coefficient (Wildman–Crippen LogP) is 1.34. The molecular weight excluding hydrogens is 673 g/mol. The number of anilines is 2. The van der Waals surface area contributed by atoms with E-state index in [0.717, 1.165) is 21.7 Å². The van der Waals surface area contributed by atoms with Gasteiger partial charge in [0.2, 0.25) is 17.7 Å². The van der Waals surface area contributed by atoms with Crippen LogP contribution in [0.25, 0.3) is 10.4 Å². The third-order valence-electron chi connectivity index (χ3n) is 9.40. The van der Waals surface area contributed by atoms with E-state index in [-0.39, 0.29) is 54.8 Å². The van der Waals surface area contributed by atoms with Crippen molar-refractivity contribution in [2.45, 2.75) is 65.3 Å². The molecule has 1 aromatic carbocycles. The SMILES string of the molecule is CNC(=O)c1cc(N2CCN(CC(=O)N[C@H](C(=O)N3C[C@H](O)C[C@H]3C(=O)N[C@@H](C)c3ccc(-c4scnc4C)cc3)C(C)(C)C)CC2)c(N)nn1. The number of carbonyl (C=O) groups excluding carboxylic acids is 4. The number of amides is 4. The highest BCUT2D eigenvalue weighted by molar-refractivity contribution is 7.13. The molecular formula is C35H48N10O5S. The molecule has 0 unspecified atom stereocenters. The number of hydrogen-bond donors (Lipinski definition) is 5. The van der Waals surface area contributed by atoms with Crippen molar-refractivity contribution in [3.8, 4) is 10.4 Å². The monoisotopic (exact) mass is 720 g/mol. The van der Waals surface area contributed by atoms with Crippen LogP contribution in [0.5, 0.6) is 0 Å². The Labute approximate surface area is 302 Å². The summed E-state index contributed by atoms with van der Waals surface area (Å²) in [7, 11) is 1.51. The number of piperazine rings is 1. The van der Waals surface area contributed by atoms with Gasteiger partial charge in [0.25, 0.3) is 5.91 Å². The molecule has 4 atom stereocenters. The second kappa shape index (κ2) is 15.7. The molecule has 16 heteroatoms. The Morgan fingerprint density at radius 3 is 2.35 bits per heavy atom. The first-order valence-corrected chi connectivity index (χ1v) is 18.0. The molecule has 0 radical (unpaired) electrons. The van der Waals surface area contributed by atoms with Crippen molar-refractivity contribution in [2.24, 2.45) is 5.41 Å². The first-order chi connectivity index (χ1) is 24.2. The molecule has 274 valence electrons. The van der Waals surface area contributed by atoms with Crippen LogP contribution >= 0.6 is 11.3 Å². The second-order valence-corrected chi connectivity index (χ2v) is 15.1. The number of nitrogens with one attached hydrogen (secondary N) is 3. The van der Waals surface area contributed by atoms with Gasteiger partial charge in [-0.1, -0.05) is 45.0 Å². The molecule has 51 heavy (non-hydrogen) atoms. The van der Waals surface area contributed by atoms with E-state index in [4.69, 9.17) is 5.73 Å². The number of thiazole rings is 1. The minimum atomic E-state index is -0.933. The van der Waals surface area contributed by atoms with E-state index in [0.29, 0.717) is 31.9 Å². The average molecular weight is 721 g/mol. The Bertz CT molecular complexity index is 1730. The normalized spacial score (nSPS) is 19.4. The van der Waals surface area contributed by atoms with Gasteiger partial charge in [-0.2, -0.15) is 0 Å². The molecule has 0 saturated carbocycles. The van der Waals surface area contributed by atoms with Crippen LogP contribution in [-0.4, -0.2) is 118 Å². The van der Waals surface area contributed by atoms with Crippen molar-refractivity contribution in [3.63, 3.8) is 0 Å². The lowest BCUT2D eigenvalue weighted by Gasteiger charge is -2.38. The number of benzene rings is 1. The van der Waals surface area contributed by atoms with Gasteiger partial charge in [0, 0.05) is 46.2 Å². The summed E-state index contributed by atoms with van der Waals surface area (Å²) in [6.45, 7) is 11.6. The number of carbonyl (C=O) groups is 4. The number of nitrogen functional groups attached to an aromatic ring is 1. The van der Waals surface area contributed by atoms with Crippen molar-refractivity contribution in [1.29, 1.82) is 0 Å². The van der Waals surface area contributed by atoms with Crippen molar-refractivity contribution in [1.82, 2.24) is 40.9 Å². The minimum Gasteiger partial charge on any atom is -0.391 e. The van der Waals surface area contributed by atoms with Crippen LogP contribution in [0.2, 0.25) is 0 Å². The summed E-state index contributed by atoms with van der Waals surface area (Å²) in [4.78, 5) is 63.9. The zero-order valence-electron chi connectivity index (χ0n) is 30.0. The molecule has 2 fully saturated rings. The van der Waals surface area contributed by atoms with Crippen LogP contribution in [-0.2, 0) is 14.4 Å². The molecule has 0 bridgehead atoms. The first kappa shape index (κ1) is 37.6. The van der Waals surface area contributed by atoms with Crippen molar-refractivity contribution < 1.29 is 24.3 Å². The number of aliphatic hydroxyl groups is 1. The summed E-state index contributed by atoms with van der Waals surface area (Å²) in [6, 6.07) is 7.38. The lowest BCUT2D eigenvalue weighted by Crippen LogP contribution is -2.59. The summed E-state index contributed by atoms with van der Waals surface area (Å²) < 4.78 is 0. The summed E-state index contributed by atoms with van der Waals surface area (Å²) in [6.07, 6.45) is -0.767. The summed E-state index contributed by atoms with van der Waals surface area (Å²) >= 11 is 1.57. The highest BCUT2D eigenvalue weighted by atomic mass is 32.1. The lowest BCUT2D eigenvalue weighted by molar-refractivity contribution is -0.144. The molecule has 2 saturated heterocycles. The van der Waals surface area contributed by atoms with E-state index in [1.54, 1.807) is 17.4 Å². The Morgan fingerprint density at radius 1 is 1.06 bits per heavy atom. The predicted molar refractivity (Wildman–Crippen MR) is 195 cm³/mol. The van der Waals surface area contributed by atoms with Crippen molar-refractivity contribution in [3.05, 3.63) is 52.8 Å². The van der Waals surface area contributed by atoms with Crippen LogP contribution < -0.4 is 26.6 Å². The van der Waals surface area contributed by atoms with E-state index in [9.17, 15) is 24.3 Å². The number of hydrogen-bond acceptors (Lipinski definition) is 12. The average Bonchev–Trinajstić information content (AvgIpc) is 3.72. The van der Waals surface area contributed by atoms with Crippen molar-refractivity contribution in [2.75, 3.05) is 56.9 Å². The van der Waals surface area contributed by atoms with E-state index in [1.807, 2.05) is 74.2 Å². The molecule has 0 spiro atoms. The van der Waals surface area contributed by atoms with Gasteiger partial charge >= 0.3 is 0 Å². The molecule has 4 heterocycles. The van der Waals surface area contributed by atoms with Gasteiger partial charge in [0.05, 0.1) is 40.5 Å². The molecule has 15 nitrogen and oxygen atoms in total. The van der Waals surface area contributed by atoms with Gasteiger partial charge in [-0.25, -0.2) is 4.98 Å². The molecule has 5 rings (SSSR count). The Balaban J connectivity index is 1.19. The number of nitrogens with two attached hydrogens (primary N) is 1. The smallest absolute Gasteiger partial charge is 0.271 e. The van der Waals surface area contributed by atoms with Crippen LogP contribution in [0.4, 0.5) is 11.5 Å². The maximum absolute atomic E-state index is 14.1. The molecule has 4 amide bonds. The number of nitrogens with zero attached hydrogens (tertiary/aromatic N) is 6. The Morgan fingerprint density at radius 2 is 1.75 bits per heavy atom. The maximum Gasteiger partial charge on any atom is 0.271 e. The zero-order chi connectivity index (χ0) is 37.0. The molecule has 6 N–H and O–H groups in total. The van der Waals surface area contributed by atoms with E-state index in [2.05, 4.69) is 31.1 Å². The summed E-state index contributed by atoms with van der Waals surface area (Å²) in [5.74, 6) is -1.25. The molecule has 0 aliphatic carbocycles. The topological polar surface area (TPSA) is 199 Å². The van der Waals surface area contributed by atoms with Crippen LogP contribution in [0.3, 0.4) is 0 Å². The third kappa shape index (κ3) is 8.80. The van der Waals surface area contributed by atoms with Crippen LogP contribution in [0, 0.1) is 12.3 Å². The summed E-state index contributed by atoms with van der Waals surface area (Å²) in [5.41, 5.74) is 10.9. The van der Waals surface area contributed by atoms with E-state index in [1.165, 1.54) is 11.9 Å². The summed E-state index contributed by atoms with van der Waals surface area (Å²) in [5, 5.41) is 26.9. The first-order valence-electron chi connectivity index (χ1n) is 17.1. The number of aryl methyl sites for hydroxylation is 1. The van der Waals surface area contributed by atoms with Gasteiger partial charge in [-0.15, -0.1) is 21.5 Å². The largest absolute Gasteiger partial charge is 0.391 e. The molecule has 2 aromatic heterocycles. The minimum absolute atomic E-state index is 0.00671.